The molecule has 0 aliphatic carbocycles. The number of aromatic nitrogens is 1. The van der Waals surface area contributed by atoms with Crippen molar-refractivity contribution in [2.45, 2.75) is 47.1 Å². The van der Waals surface area contributed by atoms with Gasteiger partial charge in [-0.25, -0.2) is 0 Å². The molecule has 0 N–H and O–H groups in total. The Hall–Kier alpha value is -2.89. The first kappa shape index (κ1) is 25.7. The van der Waals surface area contributed by atoms with Crippen molar-refractivity contribution in [3.8, 4) is 6.07 Å². The normalized spacial score (nSPS) is 14.7. The zero-order chi connectivity index (χ0) is 24.8. The van der Waals surface area contributed by atoms with Crippen molar-refractivity contribution in [3.05, 3.63) is 67.8 Å². The summed E-state index contributed by atoms with van der Waals surface area (Å²) in [6, 6.07) is 12.2. The molecule has 0 spiro atoms. The number of aryl methyl sites for hydroxylation is 1. The van der Waals surface area contributed by atoms with Crippen molar-refractivity contribution >= 4 is 46.1 Å². The summed E-state index contributed by atoms with van der Waals surface area (Å²) in [5.74, 6) is 0.615. The molecule has 6 nitrogen and oxygen atoms in total. The van der Waals surface area contributed by atoms with E-state index in [0.29, 0.717) is 41.0 Å². The number of thioether (sulfide) groups is 1. The van der Waals surface area contributed by atoms with Crippen molar-refractivity contribution in [1.82, 2.24) is 9.47 Å². The Morgan fingerprint density at radius 1 is 1.15 bits per heavy atom. The quantitative estimate of drug-likeness (QED) is 0.371. The van der Waals surface area contributed by atoms with E-state index in [9.17, 15) is 14.9 Å². The second kappa shape index (κ2) is 11.5. The lowest BCUT2D eigenvalue weighted by Crippen LogP contribution is -2.34. The minimum absolute atomic E-state index is 0.113. The first-order chi connectivity index (χ1) is 16.4. The molecule has 0 unspecified atom stereocenters. The minimum Gasteiger partial charge on any atom is -0.358 e. The number of carbonyl (C=O) groups excluding carboxylic acids is 1. The number of benzene rings is 1. The van der Waals surface area contributed by atoms with E-state index in [-0.39, 0.29) is 17.0 Å². The third-order valence-corrected chi connectivity index (χ3v) is 7.44. The topological polar surface area (TPSA) is 69.3 Å². The van der Waals surface area contributed by atoms with Crippen LogP contribution in [0.2, 0.25) is 0 Å². The summed E-state index contributed by atoms with van der Waals surface area (Å²) in [4.78, 5) is 30.5. The largest absolute Gasteiger partial charge is 0.358 e. The Labute approximate surface area is 210 Å². The van der Waals surface area contributed by atoms with Crippen LogP contribution in [-0.2, 0) is 17.8 Å². The molecule has 0 saturated carbocycles. The molecule has 2 aromatic rings. The second-order valence-electron chi connectivity index (χ2n) is 7.99. The molecule has 1 aromatic heterocycles. The molecule has 3 rings (SSSR count). The van der Waals surface area contributed by atoms with Crippen molar-refractivity contribution in [2.75, 3.05) is 24.5 Å². The van der Waals surface area contributed by atoms with Crippen LogP contribution < -0.4 is 10.5 Å². The maximum Gasteiger partial charge on any atom is 0.270 e. The van der Waals surface area contributed by atoms with Gasteiger partial charge in [-0.3, -0.25) is 19.1 Å². The van der Waals surface area contributed by atoms with Crippen molar-refractivity contribution in [2.24, 2.45) is 0 Å². The van der Waals surface area contributed by atoms with Gasteiger partial charge in [0.2, 0.25) is 0 Å². The Morgan fingerprint density at radius 2 is 1.82 bits per heavy atom. The van der Waals surface area contributed by atoms with E-state index in [0.717, 1.165) is 24.2 Å². The highest BCUT2D eigenvalue weighted by atomic mass is 32.2. The fourth-order valence-corrected chi connectivity index (χ4v) is 5.50. The Balaban J connectivity index is 1.98. The summed E-state index contributed by atoms with van der Waals surface area (Å²) in [6.45, 7) is 10.1. The fraction of sp³-hybridized carbons (Fsp3) is 0.385. The van der Waals surface area contributed by atoms with Crippen LogP contribution >= 0.6 is 24.0 Å². The van der Waals surface area contributed by atoms with Gasteiger partial charge in [0, 0.05) is 31.7 Å². The van der Waals surface area contributed by atoms with E-state index in [1.807, 2.05) is 45.0 Å². The molecule has 0 radical (unpaired) electrons. The average Bonchev–Trinajstić information content (AvgIpc) is 3.10. The number of thiocarbonyl (C=S) groups is 1. The lowest BCUT2D eigenvalue weighted by Gasteiger charge is -2.28. The highest BCUT2D eigenvalue weighted by molar-refractivity contribution is 8.26. The molecule has 2 heterocycles. The molecule has 1 aliphatic heterocycles. The molecule has 1 saturated heterocycles. The van der Waals surface area contributed by atoms with Gasteiger partial charge in [-0.1, -0.05) is 54.3 Å². The summed E-state index contributed by atoms with van der Waals surface area (Å²) >= 11 is 6.81. The van der Waals surface area contributed by atoms with Gasteiger partial charge < -0.3 is 4.90 Å². The van der Waals surface area contributed by atoms with E-state index in [4.69, 9.17) is 12.2 Å². The molecule has 34 heavy (non-hydrogen) atoms. The molecule has 1 aliphatic rings. The van der Waals surface area contributed by atoms with Gasteiger partial charge >= 0.3 is 0 Å². The van der Waals surface area contributed by atoms with Gasteiger partial charge in [0.05, 0.1) is 4.91 Å². The summed E-state index contributed by atoms with van der Waals surface area (Å²) in [5.41, 5.74) is 2.37. The van der Waals surface area contributed by atoms with Crippen molar-refractivity contribution < 1.29 is 4.79 Å². The average molecular weight is 495 g/mol. The monoisotopic (exact) mass is 494 g/mol. The molecule has 1 amide bonds. The van der Waals surface area contributed by atoms with Gasteiger partial charge in [-0.2, -0.15) is 5.26 Å². The van der Waals surface area contributed by atoms with Crippen LogP contribution in [0.3, 0.4) is 0 Å². The zero-order valence-corrected chi connectivity index (χ0v) is 21.8. The summed E-state index contributed by atoms with van der Waals surface area (Å²) < 4.78 is 2.17. The molecular weight excluding hydrogens is 464 g/mol. The molecule has 1 aromatic carbocycles. The smallest absolute Gasteiger partial charge is 0.270 e. The number of nitriles is 1. The van der Waals surface area contributed by atoms with Crippen LogP contribution in [0.25, 0.3) is 6.08 Å². The van der Waals surface area contributed by atoms with Gasteiger partial charge in [0.1, 0.15) is 21.8 Å². The second-order valence-corrected chi connectivity index (χ2v) is 9.67. The summed E-state index contributed by atoms with van der Waals surface area (Å²) in [5, 5.41) is 9.68. The number of carbonyl (C=O) groups is 1. The maximum absolute atomic E-state index is 13.3. The summed E-state index contributed by atoms with van der Waals surface area (Å²) in [7, 11) is 0. The third kappa shape index (κ3) is 5.11. The number of anilines is 1. The van der Waals surface area contributed by atoms with Crippen LogP contribution in [0.15, 0.2) is 40.0 Å². The molecule has 0 bridgehead atoms. The molecule has 8 heteroatoms. The number of nitrogens with zero attached hydrogens (tertiary/aromatic N) is 4. The molecular formula is C26H30N4O2S2. The first-order valence-electron chi connectivity index (χ1n) is 11.6. The lowest BCUT2D eigenvalue weighted by atomic mass is 10.0. The molecule has 178 valence electrons. The fourth-order valence-electron chi connectivity index (χ4n) is 4.21. The Kier molecular flexibility index (Phi) is 8.70. The van der Waals surface area contributed by atoms with E-state index in [2.05, 4.69) is 23.1 Å². The van der Waals surface area contributed by atoms with Crippen LogP contribution in [-0.4, -0.2) is 39.3 Å². The van der Waals surface area contributed by atoms with E-state index < -0.39 is 0 Å². The van der Waals surface area contributed by atoms with Crippen LogP contribution in [0.5, 0.6) is 0 Å². The van der Waals surface area contributed by atoms with Crippen molar-refractivity contribution in [3.63, 3.8) is 0 Å². The minimum atomic E-state index is -0.296. The van der Waals surface area contributed by atoms with Crippen LogP contribution in [0.1, 0.15) is 49.4 Å². The third-order valence-electron chi connectivity index (χ3n) is 6.06. The first-order valence-corrected chi connectivity index (χ1v) is 12.8. The van der Waals surface area contributed by atoms with Gasteiger partial charge in [-0.15, -0.1) is 0 Å². The van der Waals surface area contributed by atoms with Crippen LogP contribution in [0.4, 0.5) is 5.82 Å². The van der Waals surface area contributed by atoms with Gasteiger partial charge in [0.15, 0.2) is 0 Å². The highest BCUT2D eigenvalue weighted by Gasteiger charge is 2.32. The predicted octanol–water partition coefficient (Wildman–Crippen LogP) is 4.73. The van der Waals surface area contributed by atoms with E-state index in [1.165, 1.54) is 17.3 Å². The number of hydrogen-bond donors (Lipinski definition) is 0. The molecule has 1 fully saturated rings. The molecule has 0 atom stereocenters. The Bertz CT molecular complexity index is 1210. The number of hydrogen-bond acceptors (Lipinski definition) is 6. The van der Waals surface area contributed by atoms with E-state index in [1.54, 1.807) is 16.4 Å². The maximum atomic E-state index is 13.3. The summed E-state index contributed by atoms with van der Waals surface area (Å²) in [6.07, 6.45) is 3.49. The SMILES string of the molecule is CCN(CC)c1c(/C=C2\SC(=S)N(CCCc3ccccc3)C2=O)c(C)c(C#N)c(=O)n1CC. The van der Waals surface area contributed by atoms with Crippen LogP contribution in [0, 0.1) is 18.3 Å². The Morgan fingerprint density at radius 3 is 2.41 bits per heavy atom. The highest BCUT2D eigenvalue weighted by Crippen LogP contribution is 2.36. The number of rotatable bonds is 9. The number of pyridine rings is 1. The zero-order valence-electron chi connectivity index (χ0n) is 20.1. The van der Waals surface area contributed by atoms with Gasteiger partial charge in [0.25, 0.3) is 11.5 Å². The lowest BCUT2D eigenvalue weighted by molar-refractivity contribution is -0.122. The predicted molar refractivity (Wildman–Crippen MR) is 144 cm³/mol. The number of amides is 1. The van der Waals surface area contributed by atoms with Gasteiger partial charge in [-0.05, 0) is 57.7 Å². The van der Waals surface area contributed by atoms with Crippen molar-refractivity contribution in [1.29, 1.82) is 5.26 Å². The van der Waals surface area contributed by atoms with E-state index >= 15 is 0 Å². The standard InChI is InChI=1S/C26H30N4O2S2/c1-5-28(6-2)23-20(18(4)21(17-27)24(31)29(23)7-3)16-22-25(32)30(26(33)34-22)15-11-14-19-12-9-8-10-13-19/h8-10,12-13,16H,5-7,11,14-15H2,1-4H3/b22-16-.